The van der Waals surface area contributed by atoms with E-state index in [1.165, 1.54) is 49.4 Å². The van der Waals surface area contributed by atoms with Crippen LogP contribution in [-0.2, 0) is 29.4 Å². The van der Waals surface area contributed by atoms with Gasteiger partial charge in [0.2, 0.25) is 10.0 Å². The van der Waals surface area contributed by atoms with Crippen LogP contribution in [0.25, 0.3) is 0 Å². The van der Waals surface area contributed by atoms with Crippen molar-refractivity contribution >= 4 is 21.6 Å². The van der Waals surface area contributed by atoms with Gasteiger partial charge < -0.3 is 0 Å². The molecule has 27 heavy (non-hydrogen) atoms. The molecule has 0 aliphatic heterocycles. The van der Waals surface area contributed by atoms with Crippen molar-refractivity contribution < 1.29 is 8.42 Å². The highest BCUT2D eigenvalue weighted by Crippen LogP contribution is 2.34. The normalized spacial score (nSPS) is 18.0. The Morgan fingerprint density at radius 1 is 1.19 bits per heavy atom. The van der Waals surface area contributed by atoms with Gasteiger partial charge in [0.25, 0.3) is 0 Å². The Balaban J connectivity index is 1.60. The van der Waals surface area contributed by atoms with Gasteiger partial charge in [-0.2, -0.15) is 5.10 Å². The van der Waals surface area contributed by atoms with Crippen LogP contribution in [0.1, 0.15) is 67.1 Å². The molecule has 0 radical (unpaired) electrons. The number of hydrogen-bond donors (Lipinski definition) is 1. The molecule has 2 aliphatic rings. The van der Waals surface area contributed by atoms with Gasteiger partial charge in [-0.05, 0) is 68.7 Å². The Morgan fingerprint density at radius 2 is 1.93 bits per heavy atom. The van der Waals surface area contributed by atoms with Crippen LogP contribution >= 0.6 is 11.6 Å². The third-order valence-corrected chi connectivity index (χ3v) is 7.61. The SMILES string of the molecule is Cc1ccc(Cl)cc1S(=O)(=O)NCc1nn(C2CCCC2)c2c1CCCC2. The van der Waals surface area contributed by atoms with E-state index in [0.717, 1.165) is 25.0 Å². The molecule has 1 saturated carbocycles. The largest absolute Gasteiger partial charge is 0.266 e. The van der Waals surface area contributed by atoms with Crippen molar-refractivity contribution in [2.45, 2.75) is 75.8 Å². The third kappa shape index (κ3) is 3.80. The zero-order chi connectivity index (χ0) is 19.0. The van der Waals surface area contributed by atoms with E-state index >= 15 is 0 Å². The molecule has 1 heterocycles. The highest BCUT2D eigenvalue weighted by Gasteiger charge is 2.27. The van der Waals surface area contributed by atoms with Gasteiger partial charge in [-0.15, -0.1) is 0 Å². The topological polar surface area (TPSA) is 64.0 Å². The van der Waals surface area contributed by atoms with E-state index in [1.807, 2.05) is 0 Å². The van der Waals surface area contributed by atoms with Crippen molar-refractivity contribution in [1.82, 2.24) is 14.5 Å². The summed E-state index contributed by atoms with van der Waals surface area (Å²) in [7, 11) is -3.63. The van der Waals surface area contributed by atoms with Crippen LogP contribution in [0.2, 0.25) is 5.02 Å². The smallest absolute Gasteiger partial charge is 0.241 e. The van der Waals surface area contributed by atoms with E-state index in [-0.39, 0.29) is 11.4 Å². The van der Waals surface area contributed by atoms with Gasteiger partial charge in [-0.1, -0.05) is 30.5 Å². The first kappa shape index (κ1) is 19.0. The van der Waals surface area contributed by atoms with Gasteiger partial charge in [0.1, 0.15) is 0 Å². The highest BCUT2D eigenvalue weighted by atomic mass is 35.5. The van der Waals surface area contributed by atoms with Crippen LogP contribution in [0.5, 0.6) is 0 Å². The maximum atomic E-state index is 12.8. The first-order valence-corrected chi connectivity index (χ1v) is 11.7. The number of aromatic nitrogens is 2. The van der Waals surface area contributed by atoms with Crippen LogP contribution < -0.4 is 4.72 Å². The summed E-state index contributed by atoms with van der Waals surface area (Å²) >= 11 is 6.00. The lowest BCUT2D eigenvalue weighted by Gasteiger charge is -2.18. The summed E-state index contributed by atoms with van der Waals surface area (Å²) in [6.45, 7) is 2.01. The Bertz CT molecular complexity index is 946. The molecule has 0 saturated heterocycles. The van der Waals surface area contributed by atoms with Crippen LogP contribution in [-0.4, -0.2) is 18.2 Å². The number of hydrogen-bond acceptors (Lipinski definition) is 3. The zero-order valence-electron chi connectivity index (χ0n) is 15.7. The van der Waals surface area contributed by atoms with Gasteiger partial charge in [0.05, 0.1) is 23.2 Å². The molecule has 2 aliphatic carbocycles. The molecule has 1 N–H and O–H groups in total. The van der Waals surface area contributed by atoms with Gasteiger partial charge in [0, 0.05) is 10.7 Å². The first-order chi connectivity index (χ1) is 13.0. The maximum Gasteiger partial charge on any atom is 0.241 e. The van der Waals surface area contributed by atoms with E-state index in [1.54, 1.807) is 19.1 Å². The number of rotatable bonds is 5. The maximum absolute atomic E-state index is 12.8. The van der Waals surface area contributed by atoms with Crippen molar-refractivity contribution in [3.05, 3.63) is 45.7 Å². The molecule has 1 aromatic carbocycles. The van der Waals surface area contributed by atoms with E-state index in [0.29, 0.717) is 16.6 Å². The van der Waals surface area contributed by atoms with E-state index < -0.39 is 10.0 Å². The molecule has 0 spiro atoms. The minimum absolute atomic E-state index is 0.232. The lowest BCUT2D eigenvalue weighted by atomic mass is 9.95. The molecule has 146 valence electrons. The number of nitrogens with zero attached hydrogens (tertiary/aromatic N) is 2. The van der Waals surface area contributed by atoms with Crippen molar-refractivity contribution in [3.63, 3.8) is 0 Å². The molecule has 0 amide bonds. The monoisotopic (exact) mass is 407 g/mol. The Kier molecular flexibility index (Phi) is 5.32. The fraction of sp³-hybridized carbons (Fsp3) is 0.550. The lowest BCUT2D eigenvalue weighted by molar-refractivity contribution is 0.439. The van der Waals surface area contributed by atoms with E-state index in [2.05, 4.69) is 9.40 Å². The molecule has 1 aromatic heterocycles. The minimum atomic E-state index is -3.63. The number of nitrogens with one attached hydrogen (secondary N) is 1. The second kappa shape index (κ2) is 7.57. The average Bonchev–Trinajstić information content (AvgIpc) is 3.30. The summed E-state index contributed by atoms with van der Waals surface area (Å²) in [6.07, 6.45) is 9.27. The van der Waals surface area contributed by atoms with E-state index in [9.17, 15) is 8.42 Å². The molecule has 2 aromatic rings. The second-order valence-corrected chi connectivity index (χ2v) is 9.87. The number of benzene rings is 1. The fourth-order valence-corrected chi connectivity index (χ4v) is 5.89. The second-order valence-electron chi connectivity index (χ2n) is 7.70. The molecular formula is C20H26ClN3O2S. The zero-order valence-corrected chi connectivity index (χ0v) is 17.2. The van der Waals surface area contributed by atoms with Crippen molar-refractivity contribution in [1.29, 1.82) is 0 Å². The van der Waals surface area contributed by atoms with Crippen LogP contribution in [0.15, 0.2) is 23.1 Å². The Morgan fingerprint density at radius 3 is 2.70 bits per heavy atom. The predicted octanol–water partition coefficient (Wildman–Crippen LogP) is 4.32. The van der Waals surface area contributed by atoms with Crippen molar-refractivity contribution in [2.75, 3.05) is 0 Å². The van der Waals surface area contributed by atoms with Gasteiger partial charge >= 0.3 is 0 Å². The summed E-state index contributed by atoms with van der Waals surface area (Å²) in [4.78, 5) is 0.235. The van der Waals surface area contributed by atoms with Crippen molar-refractivity contribution in [2.24, 2.45) is 0 Å². The summed E-state index contributed by atoms with van der Waals surface area (Å²) in [5, 5.41) is 5.29. The standard InChI is InChI=1S/C20H26ClN3O2S/c1-14-10-11-15(21)12-20(14)27(25,26)22-13-18-17-8-4-5-9-19(17)24(23-18)16-6-2-3-7-16/h10-12,16,22H,2-9,13H2,1H3. The molecule has 0 unspecified atom stereocenters. The average molecular weight is 408 g/mol. The molecule has 0 atom stereocenters. The van der Waals surface area contributed by atoms with Crippen LogP contribution in [0.4, 0.5) is 0 Å². The molecule has 0 bridgehead atoms. The lowest BCUT2D eigenvalue weighted by Crippen LogP contribution is -2.25. The predicted molar refractivity (Wildman–Crippen MR) is 107 cm³/mol. The molecule has 7 heteroatoms. The molecule has 4 rings (SSSR count). The summed E-state index contributed by atoms with van der Waals surface area (Å²) in [6, 6.07) is 5.42. The summed E-state index contributed by atoms with van der Waals surface area (Å²) < 4.78 is 30.6. The van der Waals surface area contributed by atoms with E-state index in [4.69, 9.17) is 16.7 Å². The minimum Gasteiger partial charge on any atom is -0.266 e. The number of halogens is 1. The quantitative estimate of drug-likeness (QED) is 0.802. The summed E-state index contributed by atoms with van der Waals surface area (Å²) in [5.41, 5.74) is 4.17. The van der Waals surface area contributed by atoms with Crippen LogP contribution in [0.3, 0.4) is 0 Å². The van der Waals surface area contributed by atoms with Gasteiger partial charge in [-0.25, -0.2) is 13.1 Å². The molecular weight excluding hydrogens is 382 g/mol. The fourth-order valence-electron chi connectivity index (χ4n) is 4.40. The van der Waals surface area contributed by atoms with Gasteiger partial charge in [-0.3, -0.25) is 4.68 Å². The first-order valence-electron chi connectivity index (χ1n) is 9.80. The third-order valence-electron chi connectivity index (χ3n) is 5.83. The molecule has 1 fully saturated rings. The van der Waals surface area contributed by atoms with Crippen molar-refractivity contribution in [3.8, 4) is 0 Å². The Labute approximate surface area is 166 Å². The van der Waals surface area contributed by atoms with Gasteiger partial charge in [0.15, 0.2) is 0 Å². The number of fused-ring (bicyclic) bond motifs is 1. The summed E-state index contributed by atoms with van der Waals surface area (Å²) in [5.74, 6) is 0. The highest BCUT2D eigenvalue weighted by molar-refractivity contribution is 7.89. The molecule has 5 nitrogen and oxygen atoms in total. The number of aryl methyl sites for hydroxylation is 1. The Hall–Kier alpha value is -1.37. The number of sulfonamides is 1. The van der Waals surface area contributed by atoms with Crippen LogP contribution in [0, 0.1) is 6.92 Å².